The Hall–Kier alpha value is -1.39. The molecule has 1 aromatic rings. The molecular weight excluding hydrogens is 230 g/mol. The molecule has 0 spiro atoms. The molecule has 2 heterocycles. The highest BCUT2D eigenvalue weighted by atomic mass is 17.2. The highest BCUT2D eigenvalue weighted by molar-refractivity contribution is 5.98. The van der Waals surface area contributed by atoms with Crippen molar-refractivity contribution in [1.29, 1.82) is 0 Å². The molecule has 0 saturated carbocycles. The Kier molecular flexibility index (Phi) is 3.30. The van der Waals surface area contributed by atoms with Crippen LogP contribution in [0.5, 0.6) is 5.75 Å². The van der Waals surface area contributed by atoms with Crippen molar-refractivity contribution in [3.8, 4) is 5.75 Å². The molecule has 0 aliphatic carbocycles. The Morgan fingerprint density at radius 1 is 1.28 bits per heavy atom. The molecule has 1 N–H and O–H groups in total. The summed E-state index contributed by atoms with van der Waals surface area (Å²) in [5.74, 6) is 1.18. The van der Waals surface area contributed by atoms with E-state index in [0.29, 0.717) is 6.61 Å². The first-order chi connectivity index (χ1) is 8.84. The lowest BCUT2D eigenvalue weighted by molar-refractivity contribution is -0.215. The van der Waals surface area contributed by atoms with Crippen LogP contribution in [0.4, 0.5) is 0 Å². The van der Waals surface area contributed by atoms with Crippen molar-refractivity contribution < 1.29 is 14.6 Å². The number of fused-ring (bicyclic) bond motifs is 1. The number of hydrogen-bond donors (Lipinski definition) is 1. The predicted octanol–water partition coefficient (Wildman–Crippen LogP) is 1.74. The van der Waals surface area contributed by atoms with Gasteiger partial charge in [-0.2, -0.15) is 4.89 Å². The Labute approximate surface area is 106 Å². The third-order valence-electron chi connectivity index (χ3n) is 3.66. The molecule has 0 unspecified atom stereocenters. The fourth-order valence-electron chi connectivity index (χ4n) is 2.59. The molecule has 0 aromatic heterocycles. The molecule has 2 aliphatic heterocycles. The summed E-state index contributed by atoms with van der Waals surface area (Å²) < 4.78 is 0. The van der Waals surface area contributed by atoms with Gasteiger partial charge in [-0.25, -0.2) is 0 Å². The molecule has 4 heteroatoms. The molecule has 0 atom stereocenters. The van der Waals surface area contributed by atoms with E-state index in [4.69, 9.17) is 9.78 Å². The van der Waals surface area contributed by atoms with Gasteiger partial charge < -0.3 is 10.2 Å². The fraction of sp³-hybridized carbons (Fsp3) is 0.500. The zero-order valence-corrected chi connectivity index (χ0v) is 10.3. The monoisotopic (exact) mass is 247 g/mol. The first-order valence-electron chi connectivity index (χ1n) is 6.52. The van der Waals surface area contributed by atoms with Crippen molar-refractivity contribution in [2.45, 2.75) is 19.3 Å². The summed E-state index contributed by atoms with van der Waals surface area (Å²) in [5, 5.41) is 3.28. The number of nitrogens with one attached hydrogen (secondary N) is 1. The van der Waals surface area contributed by atoms with Gasteiger partial charge in [-0.05, 0) is 44.1 Å². The van der Waals surface area contributed by atoms with Crippen molar-refractivity contribution >= 4 is 5.78 Å². The van der Waals surface area contributed by atoms with E-state index in [1.807, 2.05) is 18.2 Å². The van der Waals surface area contributed by atoms with Gasteiger partial charge in [0.2, 0.25) is 0 Å². The van der Waals surface area contributed by atoms with Crippen LogP contribution in [0, 0.1) is 5.92 Å². The van der Waals surface area contributed by atoms with E-state index in [9.17, 15) is 4.79 Å². The van der Waals surface area contributed by atoms with Crippen LogP contribution in [0.1, 0.15) is 28.8 Å². The van der Waals surface area contributed by atoms with Crippen LogP contribution in [-0.2, 0) is 11.3 Å². The smallest absolute Gasteiger partial charge is 0.168 e. The van der Waals surface area contributed by atoms with Crippen LogP contribution in [0.2, 0.25) is 0 Å². The normalized spacial score (nSPS) is 20.0. The molecule has 96 valence electrons. The fourth-order valence-corrected chi connectivity index (χ4v) is 2.59. The molecule has 2 aliphatic rings. The SMILES string of the molecule is O=C(c1ccc2c(c1)CCOO2)C1CCNCC1. The Morgan fingerprint density at radius 3 is 2.94 bits per heavy atom. The summed E-state index contributed by atoms with van der Waals surface area (Å²) in [6.07, 6.45) is 2.69. The molecule has 0 radical (unpaired) electrons. The summed E-state index contributed by atoms with van der Waals surface area (Å²) in [5.41, 5.74) is 1.88. The lowest BCUT2D eigenvalue weighted by Crippen LogP contribution is -2.32. The van der Waals surface area contributed by atoms with Crippen molar-refractivity contribution in [3.05, 3.63) is 29.3 Å². The van der Waals surface area contributed by atoms with E-state index >= 15 is 0 Å². The summed E-state index contributed by atoms with van der Waals surface area (Å²) >= 11 is 0. The summed E-state index contributed by atoms with van der Waals surface area (Å²) in [4.78, 5) is 22.4. The van der Waals surface area contributed by atoms with E-state index < -0.39 is 0 Å². The predicted molar refractivity (Wildman–Crippen MR) is 66.7 cm³/mol. The second-order valence-corrected chi connectivity index (χ2v) is 4.87. The van der Waals surface area contributed by atoms with Gasteiger partial charge in [-0.15, -0.1) is 0 Å². The van der Waals surface area contributed by atoms with Gasteiger partial charge in [0, 0.05) is 23.5 Å². The number of benzene rings is 1. The minimum Gasteiger partial charge on any atom is -0.337 e. The van der Waals surface area contributed by atoms with Crippen LogP contribution in [-0.4, -0.2) is 25.5 Å². The highest BCUT2D eigenvalue weighted by Crippen LogP contribution is 2.26. The minimum atomic E-state index is 0.171. The molecule has 1 fully saturated rings. The molecule has 4 nitrogen and oxygen atoms in total. The van der Waals surface area contributed by atoms with E-state index in [1.165, 1.54) is 0 Å². The largest absolute Gasteiger partial charge is 0.337 e. The molecule has 1 saturated heterocycles. The van der Waals surface area contributed by atoms with Crippen molar-refractivity contribution in [2.75, 3.05) is 19.7 Å². The highest BCUT2D eigenvalue weighted by Gasteiger charge is 2.23. The molecule has 3 rings (SSSR count). The van der Waals surface area contributed by atoms with E-state index in [1.54, 1.807) is 0 Å². The van der Waals surface area contributed by atoms with Gasteiger partial charge in [0.1, 0.15) is 0 Å². The van der Waals surface area contributed by atoms with E-state index in [2.05, 4.69) is 5.32 Å². The van der Waals surface area contributed by atoms with E-state index in [-0.39, 0.29) is 11.7 Å². The first-order valence-corrected chi connectivity index (χ1v) is 6.52. The van der Waals surface area contributed by atoms with Crippen LogP contribution >= 0.6 is 0 Å². The number of carbonyl (C=O) groups excluding carboxylic acids is 1. The van der Waals surface area contributed by atoms with Gasteiger partial charge in [-0.1, -0.05) is 0 Å². The second kappa shape index (κ2) is 5.08. The summed E-state index contributed by atoms with van der Waals surface area (Å²) in [6, 6.07) is 5.64. The molecule has 0 amide bonds. The number of ketones is 1. The van der Waals surface area contributed by atoms with Crippen molar-refractivity contribution in [2.24, 2.45) is 5.92 Å². The van der Waals surface area contributed by atoms with Gasteiger partial charge >= 0.3 is 0 Å². The lowest BCUT2D eigenvalue weighted by atomic mass is 9.89. The number of carbonyl (C=O) groups is 1. The maximum absolute atomic E-state index is 12.4. The van der Waals surface area contributed by atoms with Gasteiger partial charge in [0.25, 0.3) is 0 Å². The number of rotatable bonds is 2. The zero-order valence-electron chi connectivity index (χ0n) is 10.3. The van der Waals surface area contributed by atoms with Gasteiger partial charge in [-0.3, -0.25) is 4.79 Å². The minimum absolute atomic E-state index is 0.171. The molecule has 18 heavy (non-hydrogen) atoms. The van der Waals surface area contributed by atoms with Crippen LogP contribution in [0.3, 0.4) is 0 Å². The topological polar surface area (TPSA) is 47.6 Å². The maximum Gasteiger partial charge on any atom is 0.168 e. The zero-order chi connectivity index (χ0) is 12.4. The van der Waals surface area contributed by atoms with E-state index in [0.717, 1.165) is 49.2 Å². The molecule has 1 aromatic carbocycles. The Morgan fingerprint density at radius 2 is 2.11 bits per heavy atom. The van der Waals surface area contributed by atoms with Crippen LogP contribution in [0.15, 0.2) is 18.2 Å². The Balaban J connectivity index is 1.80. The standard InChI is InChI=1S/C14H17NO3/c16-14(10-3-6-15-7-4-10)12-1-2-13-11(9-12)5-8-17-18-13/h1-2,9-10,15H,3-8H2. The van der Waals surface area contributed by atoms with Gasteiger partial charge in [0.05, 0.1) is 6.61 Å². The maximum atomic E-state index is 12.4. The van der Waals surface area contributed by atoms with Crippen molar-refractivity contribution in [3.63, 3.8) is 0 Å². The average molecular weight is 247 g/mol. The molecule has 0 bridgehead atoms. The third-order valence-corrected chi connectivity index (χ3v) is 3.66. The average Bonchev–Trinajstić information content (AvgIpc) is 2.47. The summed E-state index contributed by atoms with van der Waals surface area (Å²) in [6.45, 7) is 2.44. The number of hydrogen-bond acceptors (Lipinski definition) is 4. The van der Waals surface area contributed by atoms with Crippen LogP contribution in [0.25, 0.3) is 0 Å². The van der Waals surface area contributed by atoms with Crippen molar-refractivity contribution in [1.82, 2.24) is 5.32 Å². The summed E-state index contributed by atoms with van der Waals surface area (Å²) in [7, 11) is 0. The lowest BCUT2D eigenvalue weighted by Gasteiger charge is -2.22. The molecular formula is C14H17NO3. The quantitative estimate of drug-likeness (QED) is 0.638. The second-order valence-electron chi connectivity index (χ2n) is 4.87. The number of piperidine rings is 1. The first kappa shape index (κ1) is 11.7. The third kappa shape index (κ3) is 2.26. The Bertz CT molecular complexity index is 452. The van der Waals surface area contributed by atoms with Crippen LogP contribution < -0.4 is 10.2 Å². The van der Waals surface area contributed by atoms with Gasteiger partial charge in [0.15, 0.2) is 11.5 Å². The number of Topliss-reactive ketones (excluding diaryl/α,β-unsaturated/α-hetero) is 1.